The molecule has 0 bridgehead atoms. The minimum absolute atomic E-state index is 0.248. The van der Waals surface area contributed by atoms with Crippen LogP contribution in [0.3, 0.4) is 0 Å². The Morgan fingerprint density at radius 3 is 2.62 bits per heavy atom. The summed E-state index contributed by atoms with van der Waals surface area (Å²) in [5, 5.41) is 0.802. The molecule has 0 aliphatic carbocycles. The van der Waals surface area contributed by atoms with Crippen LogP contribution < -0.4 is 5.56 Å². The lowest BCUT2D eigenvalue weighted by molar-refractivity contribution is -0.114. The predicted octanol–water partition coefficient (Wildman–Crippen LogP) is 4.45. The van der Waals surface area contributed by atoms with E-state index in [1.54, 1.807) is 15.5 Å². The zero-order chi connectivity index (χ0) is 23.3. The minimum Gasteiger partial charge on any atom is -0.444 e. The molecule has 1 N–H and O–H groups in total. The summed E-state index contributed by atoms with van der Waals surface area (Å²) >= 11 is 6.40. The lowest BCUT2D eigenvalue weighted by atomic mass is 9.99. The maximum atomic E-state index is 12.9. The van der Waals surface area contributed by atoms with E-state index in [9.17, 15) is 9.59 Å². The molecule has 3 heterocycles. The first-order valence-corrected chi connectivity index (χ1v) is 10.8. The van der Waals surface area contributed by atoms with Crippen LogP contribution in [0.25, 0.3) is 16.7 Å². The zero-order valence-corrected chi connectivity index (χ0v) is 19.6. The molecule has 9 heteroatoms. The molecule has 1 atom stereocenters. The van der Waals surface area contributed by atoms with Crippen LogP contribution in [0.2, 0.25) is 5.15 Å². The van der Waals surface area contributed by atoms with E-state index < -0.39 is 11.2 Å². The second-order valence-corrected chi connectivity index (χ2v) is 9.94. The fourth-order valence-corrected chi connectivity index (χ4v) is 4.12. The fraction of sp³-hybridized carbons (Fsp3) is 0.435. The third-order valence-electron chi connectivity index (χ3n) is 5.28. The number of amides is 1. The van der Waals surface area contributed by atoms with Crippen LogP contribution in [0, 0.1) is 0 Å². The molecule has 0 unspecified atom stereocenters. The number of benzene rings is 1. The van der Waals surface area contributed by atoms with Crippen molar-refractivity contribution >= 4 is 28.7 Å². The highest BCUT2D eigenvalue weighted by Crippen LogP contribution is 2.33. The van der Waals surface area contributed by atoms with Crippen molar-refractivity contribution in [2.45, 2.75) is 51.9 Å². The Balaban J connectivity index is 1.67. The predicted molar refractivity (Wildman–Crippen MR) is 122 cm³/mol. The molecule has 2 aromatic heterocycles. The van der Waals surface area contributed by atoms with Crippen LogP contribution in [-0.4, -0.2) is 49.9 Å². The first-order chi connectivity index (χ1) is 15.0. The smallest absolute Gasteiger partial charge is 0.410 e. The Morgan fingerprint density at radius 1 is 1.28 bits per heavy atom. The summed E-state index contributed by atoms with van der Waals surface area (Å²) in [6.45, 7) is 10.2. The molecule has 8 nitrogen and oxygen atoms in total. The second kappa shape index (κ2) is 7.94. The molecule has 1 fully saturated rings. The number of nitrogens with one attached hydrogen (secondary N) is 1. The van der Waals surface area contributed by atoms with Gasteiger partial charge in [0.15, 0.2) is 5.65 Å². The Labute approximate surface area is 191 Å². The van der Waals surface area contributed by atoms with Crippen molar-refractivity contribution in [3.8, 4) is 5.69 Å². The number of aromatic nitrogens is 3. The average Bonchev–Trinajstić information content (AvgIpc) is 3.04. The summed E-state index contributed by atoms with van der Waals surface area (Å²) in [5.41, 5.74) is 0.836. The molecule has 170 valence electrons. The number of carbonyl (C=O) groups is 1. The normalized spacial score (nSPS) is 18.7. The lowest BCUT2D eigenvalue weighted by Gasteiger charge is -2.44. The van der Waals surface area contributed by atoms with Gasteiger partial charge in [0, 0.05) is 5.69 Å². The van der Waals surface area contributed by atoms with Crippen molar-refractivity contribution in [2.75, 3.05) is 13.2 Å². The molecule has 1 aliphatic rings. The van der Waals surface area contributed by atoms with Gasteiger partial charge in [-0.3, -0.25) is 14.3 Å². The first kappa shape index (κ1) is 22.4. The highest BCUT2D eigenvalue weighted by molar-refractivity contribution is 6.31. The van der Waals surface area contributed by atoms with Crippen LogP contribution in [0.1, 0.15) is 46.2 Å². The van der Waals surface area contributed by atoms with Gasteiger partial charge >= 0.3 is 6.09 Å². The van der Waals surface area contributed by atoms with Gasteiger partial charge in [-0.2, -0.15) is 0 Å². The molecule has 0 radical (unpaired) electrons. The third kappa shape index (κ3) is 4.38. The summed E-state index contributed by atoms with van der Waals surface area (Å²) in [6, 6.07) is 8.93. The molecule has 3 aromatic rings. The summed E-state index contributed by atoms with van der Waals surface area (Å²) in [6.07, 6.45) is 0.983. The Morgan fingerprint density at radius 2 is 1.97 bits per heavy atom. The molecule has 1 amide bonds. The second-order valence-electron chi connectivity index (χ2n) is 9.56. The van der Waals surface area contributed by atoms with Gasteiger partial charge in [0.1, 0.15) is 10.8 Å². The lowest BCUT2D eigenvalue weighted by Crippen LogP contribution is -2.53. The molecule has 0 spiro atoms. The van der Waals surface area contributed by atoms with Gasteiger partial charge in [-0.25, -0.2) is 9.78 Å². The van der Waals surface area contributed by atoms with Crippen molar-refractivity contribution in [3.63, 3.8) is 0 Å². The summed E-state index contributed by atoms with van der Waals surface area (Å²) in [7, 11) is 0. The van der Waals surface area contributed by atoms with Gasteiger partial charge in [-0.1, -0.05) is 23.7 Å². The molecule has 32 heavy (non-hydrogen) atoms. The highest BCUT2D eigenvalue weighted by atomic mass is 35.5. The molecule has 1 aromatic carbocycles. The number of hydrogen-bond acceptors (Lipinski definition) is 5. The average molecular weight is 459 g/mol. The van der Waals surface area contributed by atoms with Crippen LogP contribution in [0.4, 0.5) is 4.79 Å². The first-order valence-electron chi connectivity index (χ1n) is 10.4. The minimum atomic E-state index is -0.592. The van der Waals surface area contributed by atoms with Crippen molar-refractivity contribution in [2.24, 2.45) is 0 Å². The van der Waals surface area contributed by atoms with E-state index >= 15 is 0 Å². The number of H-pyrrole nitrogens is 1. The number of ether oxygens (including phenoxy) is 2. The molecule has 1 aliphatic heterocycles. The van der Waals surface area contributed by atoms with Crippen LogP contribution >= 0.6 is 11.6 Å². The van der Waals surface area contributed by atoms with Gasteiger partial charge in [0.25, 0.3) is 5.56 Å². The van der Waals surface area contributed by atoms with Crippen molar-refractivity contribution in [1.29, 1.82) is 0 Å². The van der Waals surface area contributed by atoms with Gasteiger partial charge in [0.05, 0.1) is 36.5 Å². The number of rotatable bonds is 2. The van der Waals surface area contributed by atoms with Crippen molar-refractivity contribution < 1.29 is 14.3 Å². The Bertz CT molecular complexity index is 1210. The van der Waals surface area contributed by atoms with Crippen LogP contribution in [-0.2, 0) is 9.47 Å². The molecule has 0 saturated carbocycles. The maximum absolute atomic E-state index is 12.9. The SMILES string of the molecule is CC(C)(C)OC(=O)N1CC(C)(C)OC[C@H]1c1ccc(-n2c(Cl)cc3c(=O)[nH]cnc32)cc1. The van der Waals surface area contributed by atoms with Crippen molar-refractivity contribution in [1.82, 2.24) is 19.4 Å². The standard InChI is InChI=1S/C23H27ClN4O4/c1-22(2,3)32-21(30)27-12-23(4,5)31-11-17(27)14-6-8-15(9-7-14)28-18(24)10-16-19(28)25-13-26-20(16)29/h6-10,13,17H,11-12H2,1-5H3,(H,25,26,29)/t17-/m0/s1. The van der Waals surface area contributed by atoms with E-state index in [1.165, 1.54) is 6.33 Å². The van der Waals surface area contributed by atoms with E-state index in [-0.39, 0.29) is 17.7 Å². The third-order valence-corrected chi connectivity index (χ3v) is 5.56. The van der Waals surface area contributed by atoms with Gasteiger partial charge in [-0.05, 0) is 58.4 Å². The van der Waals surface area contributed by atoms with Crippen LogP contribution in [0.15, 0.2) is 41.5 Å². The van der Waals surface area contributed by atoms with Crippen molar-refractivity contribution in [3.05, 3.63) is 57.7 Å². The molecule has 1 saturated heterocycles. The number of nitrogens with zero attached hydrogens (tertiary/aromatic N) is 3. The fourth-order valence-electron chi connectivity index (χ4n) is 3.83. The maximum Gasteiger partial charge on any atom is 0.410 e. The molecular formula is C23H27ClN4O4. The number of halogens is 1. The van der Waals surface area contributed by atoms with E-state index in [0.29, 0.717) is 29.3 Å². The molecular weight excluding hydrogens is 432 g/mol. The number of hydrogen-bond donors (Lipinski definition) is 1. The molecule has 4 rings (SSSR count). The zero-order valence-electron chi connectivity index (χ0n) is 18.8. The summed E-state index contributed by atoms with van der Waals surface area (Å²) in [5.74, 6) is 0. The van der Waals surface area contributed by atoms with E-state index in [4.69, 9.17) is 21.1 Å². The Kier molecular flexibility index (Phi) is 5.55. The van der Waals surface area contributed by atoms with Gasteiger partial charge < -0.3 is 14.5 Å². The van der Waals surface area contributed by atoms with E-state index in [2.05, 4.69) is 9.97 Å². The van der Waals surface area contributed by atoms with E-state index in [1.807, 2.05) is 58.9 Å². The van der Waals surface area contributed by atoms with E-state index in [0.717, 1.165) is 11.3 Å². The highest BCUT2D eigenvalue weighted by Gasteiger charge is 2.39. The Hall–Kier alpha value is -2.84. The summed E-state index contributed by atoms with van der Waals surface area (Å²) in [4.78, 5) is 33.6. The van der Waals surface area contributed by atoms with Crippen LogP contribution in [0.5, 0.6) is 0 Å². The van der Waals surface area contributed by atoms with Gasteiger partial charge in [-0.15, -0.1) is 0 Å². The largest absolute Gasteiger partial charge is 0.444 e. The van der Waals surface area contributed by atoms with Gasteiger partial charge in [0.2, 0.25) is 0 Å². The number of fused-ring (bicyclic) bond motifs is 1. The monoisotopic (exact) mass is 458 g/mol. The number of carbonyl (C=O) groups excluding carboxylic acids is 1. The quantitative estimate of drug-likeness (QED) is 0.612. The summed E-state index contributed by atoms with van der Waals surface area (Å²) < 4.78 is 13.4. The number of aromatic amines is 1. The topological polar surface area (TPSA) is 89.5 Å². The number of morpholine rings is 1.